The normalized spacial score (nSPS) is 12.3. The van der Waals surface area contributed by atoms with Gasteiger partial charge in [-0.15, -0.1) is 0 Å². The zero-order valence-electron chi connectivity index (χ0n) is 12.4. The first-order chi connectivity index (χ1) is 10.6. The SMILES string of the molecule is CC(c1ccccc1F)N(C)C(=O)c1cccc2cn[nH]c12. The number of H-pyrrole nitrogens is 1. The maximum absolute atomic E-state index is 13.9. The Morgan fingerprint density at radius 2 is 2.00 bits per heavy atom. The van der Waals surface area contributed by atoms with Gasteiger partial charge in [-0.05, 0) is 19.1 Å². The fourth-order valence-electron chi connectivity index (χ4n) is 2.54. The van der Waals surface area contributed by atoms with E-state index < -0.39 is 0 Å². The molecular formula is C17H16FN3O. The number of nitrogens with one attached hydrogen (secondary N) is 1. The third-order valence-corrected chi connectivity index (χ3v) is 3.96. The number of hydrogen-bond donors (Lipinski definition) is 1. The Hall–Kier alpha value is -2.69. The molecule has 4 nitrogen and oxygen atoms in total. The Kier molecular flexibility index (Phi) is 3.63. The van der Waals surface area contributed by atoms with Crippen molar-refractivity contribution in [2.75, 3.05) is 7.05 Å². The van der Waals surface area contributed by atoms with Crippen molar-refractivity contribution < 1.29 is 9.18 Å². The van der Waals surface area contributed by atoms with Gasteiger partial charge in [0.05, 0.1) is 23.3 Å². The van der Waals surface area contributed by atoms with Crippen LogP contribution in [0.1, 0.15) is 28.9 Å². The third kappa shape index (κ3) is 2.35. The summed E-state index contributed by atoms with van der Waals surface area (Å²) in [6.45, 7) is 1.81. The Balaban J connectivity index is 1.95. The molecule has 0 aliphatic carbocycles. The second kappa shape index (κ2) is 5.60. The summed E-state index contributed by atoms with van der Waals surface area (Å²) in [5.74, 6) is -0.486. The highest BCUT2D eigenvalue weighted by molar-refractivity contribution is 6.05. The minimum Gasteiger partial charge on any atom is -0.335 e. The molecule has 1 amide bonds. The van der Waals surface area contributed by atoms with Crippen molar-refractivity contribution in [1.29, 1.82) is 0 Å². The number of benzene rings is 2. The summed E-state index contributed by atoms with van der Waals surface area (Å²) in [6.07, 6.45) is 1.67. The van der Waals surface area contributed by atoms with E-state index in [1.54, 1.807) is 37.5 Å². The lowest BCUT2D eigenvalue weighted by Crippen LogP contribution is -2.30. The maximum Gasteiger partial charge on any atom is 0.256 e. The van der Waals surface area contributed by atoms with E-state index in [0.29, 0.717) is 16.6 Å². The lowest BCUT2D eigenvalue weighted by atomic mass is 10.0. The number of aromatic amines is 1. The molecule has 0 saturated carbocycles. The van der Waals surface area contributed by atoms with Crippen LogP contribution in [0.5, 0.6) is 0 Å². The van der Waals surface area contributed by atoms with E-state index in [1.807, 2.05) is 19.1 Å². The summed E-state index contributed by atoms with van der Waals surface area (Å²) in [7, 11) is 1.68. The van der Waals surface area contributed by atoms with Crippen LogP contribution in [0.3, 0.4) is 0 Å². The molecule has 112 valence electrons. The van der Waals surface area contributed by atoms with E-state index in [0.717, 1.165) is 5.39 Å². The van der Waals surface area contributed by atoms with Crippen molar-refractivity contribution in [3.05, 3.63) is 65.6 Å². The van der Waals surface area contributed by atoms with Gasteiger partial charge >= 0.3 is 0 Å². The highest BCUT2D eigenvalue weighted by atomic mass is 19.1. The van der Waals surface area contributed by atoms with Crippen LogP contribution in [-0.2, 0) is 0 Å². The molecule has 5 heteroatoms. The van der Waals surface area contributed by atoms with Crippen LogP contribution in [0.15, 0.2) is 48.7 Å². The van der Waals surface area contributed by atoms with Crippen molar-refractivity contribution >= 4 is 16.8 Å². The molecule has 0 aliphatic rings. The highest BCUT2D eigenvalue weighted by Gasteiger charge is 2.22. The zero-order valence-corrected chi connectivity index (χ0v) is 12.4. The Bertz CT molecular complexity index is 827. The van der Waals surface area contributed by atoms with Gasteiger partial charge in [0, 0.05) is 18.0 Å². The zero-order chi connectivity index (χ0) is 15.7. The third-order valence-electron chi connectivity index (χ3n) is 3.96. The number of aromatic nitrogens is 2. The van der Waals surface area contributed by atoms with E-state index in [4.69, 9.17) is 0 Å². The van der Waals surface area contributed by atoms with Crippen molar-refractivity contribution in [2.24, 2.45) is 0 Å². The standard InChI is InChI=1S/C17H16FN3O/c1-11(13-7-3-4-9-15(13)18)21(2)17(22)14-8-5-6-12-10-19-20-16(12)14/h3-11H,1-2H3,(H,19,20). The number of para-hydroxylation sites is 1. The molecule has 0 radical (unpaired) electrons. The van der Waals surface area contributed by atoms with Crippen LogP contribution in [0.4, 0.5) is 4.39 Å². The van der Waals surface area contributed by atoms with E-state index >= 15 is 0 Å². The number of amides is 1. The minimum atomic E-state index is -0.369. The molecule has 1 atom stereocenters. The summed E-state index contributed by atoms with van der Waals surface area (Å²) >= 11 is 0. The smallest absolute Gasteiger partial charge is 0.256 e. The first-order valence-electron chi connectivity index (χ1n) is 7.03. The predicted octanol–water partition coefficient (Wildman–Crippen LogP) is 3.54. The van der Waals surface area contributed by atoms with Gasteiger partial charge < -0.3 is 4.90 Å². The lowest BCUT2D eigenvalue weighted by Gasteiger charge is -2.26. The van der Waals surface area contributed by atoms with Crippen LogP contribution in [-0.4, -0.2) is 28.1 Å². The second-order valence-electron chi connectivity index (χ2n) is 5.25. The van der Waals surface area contributed by atoms with E-state index in [9.17, 15) is 9.18 Å². The average Bonchev–Trinajstić information content (AvgIpc) is 3.02. The molecule has 3 aromatic rings. The molecule has 3 rings (SSSR count). The van der Waals surface area contributed by atoms with Crippen LogP contribution in [0.2, 0.25) is 0 Å². The summed E-state index contributed by atoms with van der Waals surface area (Å²) in [4.78, 5) is 14.3. The van der Waals surface area contributed by atoms with E-state index in [2.05, 4.69) is 10.2 Å². The lowest BCUT2D eigenvalue weighted by molar-refractivity contribution is 0.0742. The number of fused-ring (bicyclic) bond motifs is 1. The molecule has 1 unspecified atom stereocenters. The molecule has 1 aromatic heterocycles. The largest absolute Gasteiger partial charge is 0.335 e. The van der Waals surface area contributed by atoms with Gasteiger partial charge in [-0.2, -0.15) is 5.10 Å². The molecule has 0 aliphatic heterocycles. The molecule has 2 aromatic carbocycles. The van der Waals surface area contributed by atoms with Gasteiger partial charge in [0.2, 0.25) is 0 Å². The maximum atomic E-state index is 13.9. The van der Waals surface area contributed by atoms with Gasteiger partial charge in [0.1, 0.15) is 5.82 Å². The molecule has 0 saturated heterocycles. The topological polar surface area (TPSA) is 49.0 Å². The summed E-state index contributed by atoms with van der Waals surface area (Å²) in [5, 5.41) is 7.68. The molecule has 1 N–H and O–H groups in total. The Morgan fingerprint density at radius 1 is 1.23 bits per heavy atom. The van der Waals surface area contributed by atoms with Gasteiger partial charge in [-0.1, -0.05) is 30.3 Å². The van der Waals surface area contributed by atoms with Crippen molar-refractivity contribution in [2.45, 2.75) is 13.0 Å². The van der Waals surface area contributed by atoms with E-state index in [-0.39, 0.29) is 17.8 Å². The van der Waals surface area contributed by atoms with Gasteiger partial charge in [0.25, 0.3) is 5.91 Å². The Morgan fingerprint density at radius 3 is 2.77 bits per heavy atom. The van der Waals surface area contributed by atoms with Crippen molar-refractivity contribution in [1.82, 2.24) is 15.1 Å². The molecule has 1 heterocycles. The molecule has 0 fully saturated rings. The first kappa shape index (κ1) is 14.3. The van der Waals surface area contributed by atoms with Crippen LogP contribution in [0, 0.1) is 5.82 Å². The summed E-state index contributed by atoms with van der Waals surface area (Å²) in [6, 6.07) is 11.6. The highest BCUT2D eigenvalue weighted by Crippen LogP contribution is 2.25. The number of nitrogens with zero attached hydrogens (tertiary/aromatic N) is 2. The average molecular weight is 297 g/mol. The number of carbonyl (C=O) groups excluding carboxylic acids is 1. The summed E-state index contributed by atoms with van der Waals surface area (Å²) < 4.78 is 13.9. The van der Waals surface area contributed by atoms with Crippen LogP contribution < -0.4 is 0 Å². The van der Waals surface area contributed by atoms with Crippen LogP contribution in [0.25, 0.3) is 10.9 Å². The summed E-state index contributed by atoms with van der Waals surface area (Å²) in [5.41, 5.74) is 1.72. The van der Waals surface area contributed by atoms with Gasteiger partial charge in [-0.25, -0.2) is 4.39 Å². The first-order valence-corrected chi connectivity index (χ1v) is 7.03. The Labute approximate surface area is 127 Å². The van der Waals surface area contributed by atoms with Crippen molar-refractivity contribution in [3.8, 4) is 0 Å². The number of carbonyl (C=O) groups is 1. The molecule has 0 spiro atoms. The number of halogens is 1. The quantitative estimate of drug-likeness (QED) is 0.804. The van der Waals surface area contributed by atoms with Crippen molar-refractivity contribution in [3.63, 3.8) is 0 Å². The monoisotopic (exact) mass is 297 g/mol. The number of rotatable bonds is 3. The number of hydrogen-bond acceptors (Lipinski definition) is 2. The van der Waals surface area contributed by atoms with Gasteiger partial charge in [0.15, 0.2) is 0 Å². The van der Waals surface area contributed by atoms with E-state index in [1.165, 1.54) is 11.0 Å². The fraction of sp³-hybridized carbons (Fsp3) is 0.176. The molecule has 0 bridgehead atoms. The molecule has 22 heavy (non-hydrogen) atoms. The predicted molar refractivity (Wildman–Crippen MR) is 83.0 cm³/mol. The fourth-order valence-corrected chi connectivity index (χ4v) is 2.54. The minimum absolute atomic E-state index is 0.175. The van der Waals surface area contributed by atoms with Crippen LogP contribution >= 0.6 is 0 Å². The second-order valence-corrected chi connectivity index (χ2v) is 5.25. The van der Waals surface area contributed by atoms with Gasteiger partial charge in [-0.3, -0.25) is 9.89 Å². The molecular weight excluding hydrogens is 281 g/mol.